The van der Waals surface area contributed by atoms with Gasteiger partial charge in [0.15, 0.2) is 6.61 Å². The van der Waals surface area contributed by atoms with E-state index < -0.39 is 24.5 Å². The van der Waals surface area contributed by atoms with Gasteiger partial charge in [-0.25, -0.2) is 9.18 Å². The van der Waals surface area contributed by atoms with Crippen LogP contribution in [0.1, 0.15) is 25.3 Å². The molecule has 0 unspecified atom stereocenters. The zero-order valence-electron chi connectivity index (χ0n) is 12.4. The number of amides is 3. The minimum Gasteiger partial charge on any atom is -0.456 e. The lowest BCUT2D eigenvalue weighted by Gasteiger charge is -2.07. The second kappa shape index (κ2) is 9.49. The smallest absolute Gasteiger partial charge is 0.321 e. The molecule has 6 nitrogen and oxygen atoms in total. The molecule has 120 valence electrons. The van der Waals surface area contributed by atoms with Crippen molar-refractivity contribution in [3.63, 3.8) is 0 Å². The van der Waals surface area contributed by atoms with Crippen molar-refractivity contribution in [1.29, 1.82) is 0 Å². The summed E-state index contributed by atoms with van der Waals surface area (Å²) >= 11 is 0. The van der Waals surface area contributed by atoms with Gasteiger partial charge in [0.05, 0.1) is 0 Å². The highest BCUT2D eigenvalue weighted by molar-refractivity contribution is 5.95. The number of rotatable bonds is 7. The number of carbonyl (C=O) groups is 3. The van der Waals surface area contributed by atoms with Crippen molar-refractivity contribution in [2.45, 2.75) is 26.2 Å². The molecule has 2 N–H and O–H groups in total. The standard InChI is InChI=1S/C15H19FN2O4/c1-2-9-17-15(21)18-13(19)10-22-14(20)8-5-11-3-6-12(16)7-4-11/h3-4,6-7H,2,5,8-10H2,1H3,(H2,17,18,19,21). The molecule has 0 aliphatic carbocycles. The first-order valence-electron chi connectivity index (χ1n) is 6.99. The van der Waals surface area contributed by atoms with Gasteiger partial charge in [-0.2, -0.15) is 0 Å². The Bertz CT molecular complexity index is 517. The van der Waals surface area contributed by atoms with E-state index in [9.17, 15) is 18.8 Å². The SMILES string of the molecule is CCCNC(=O)NC(=O)COC(=O)CCc1ccc(F)cc1. The molecule has 0 aliphatic heterocycles. The minimum atomic E-state index is -0.691. The Morgan fingerprint density at radius 2 is 1.86 bits per heavy atom. The van der Waals surface area contributed by atoms with E-state index in [1.165, 1.54) is 12.1 Å². The van der Waals surface area contributed by atoms with Crippen LogP contribution in [0.4, 0.5) is 9.18 Å². The highest BCUT2D eigenvalue weighted by atomic mass is 19.1. The van der Waals surface area contributed by atoms with Crippen molar-refractivity contribution in [2.24, 2.45) is 0 Å². The summed E-state index contributed by atoms with van der Waals surface area (Å²) in [6.45, 7) is 1.82. The maximum absolute atomic E-state index is 12.7. The fourth-order valence-corrected chi connectivity index (χ4v) is 1.56. The molecule has 0 bridgehead atoms. The number of esters is 1. The molecule has 3 amide bonds. The molecule has 0 spiro atoms. The number of carbonyl (C=O) groups excluding carboxylic acids is 3. The average molecular weight is 310 g/mol. The van der Waals surface area contributed by atoms with Crippen LogP contribution >= 0.6 is 0 Å². The average Bonchev–Trinajstić information content (AvgIpc) is 2.50. The number of aryl methyl sites for hydroxylation is 1. The highest BCUT2D eigenvalue weighted by Crippen LogP contribution is 2.05. The van der Waals surface area contributed by atoms with Crippen LogP contribution < -0.4 is 10.6 Å². The Morgan fingerprint density at radius 3 is 2.50 bits per heavy atom. The molecule has 0 aliphatic rings. The second-order valence-electron chi connectivity index (χ2n) is 4.59. The maximum Gasteiger partial charge on any atom is 0.321 e. The predicted octanol–water partition coefficient (Wildman–Crippen LogP) is 1.54. The monoisotopic (exact) mass is 310 g/mol. The Balaban J connectivity index is 2.21. The summed E-state index contributed by atoms with van der Waals surface area (Å²) in [6.07, 6.45) is 1.21. The third-order valence-electron chi connectivity index (χ3n) is 2.68. The van der Waals surface area contributed by atoms with Gasteiger partial charge in [0.2, 0.25) is 0 Å². The Kier molecular flexibility index (Phi) is 7.60. The molecule has 0 atom stereocenters. The van der Waals surface area contributed by atoms with Gasteiger partial charge in [0.25, 0.3) is 5.91 Å². The Labute approximate surface area is 128 Å². The van der Waals surface area contributed by atoms with E-state index in [4.69, 9.17) is 4.74 Å². The van der Waals surface area contributed by atoms with E-state index in [0.717, 1.165) is 12.0 Å². The first-order chi connectivity index (χ1) is 10.5. The van der Waals surface area contributed by atoms with Crippen LogP contribution in [0.2, 0.25) is 0 Å². The lowest BCUT2D eigenvalue weighted by molar-refractivity contribution is -0.148. The van der Waals surface area contributed by atoms with Gasteiger partial charge < -0.3 is 10.1 Å². The molecule has 0 fully saturated rings. The number of halogens is 1. The zero-order chi connectivity index (χ0) is 16.4. The first-order valence-corrected chi connectivity index (χ1v) is 6.99. The molecule has 0 radical (unpaired) electrons. The summed E-state index contributed by atoms with van der Waals surface area (Å²) in [7, 11) is 0. The Hall–Kier alpha value is -2.44. The number of imide groups is 1. The van der Waals surface area contributed by atoms with E-state index in [-0.39, 0.29) is 12.2 Å². The fraction of sp³-hybridized carbons (Fsp3) is 0.400. The molecule has 1 aromatic rings. The molecule has 7 heteroatoms. The van der Waals surface area contributed by atoms with Gasteiger partial charge in [0.1, 0.15) is 5.82 Å². The Morgan fingerprint density at radius 1 is 1.18 bits per heavy atom. The maximum atomic E-state index is 12.7. The van der Waals surface area contributed by atoms with Gasteiger partial charge >= 0.3 is 12.0 Å². The normalized spacial score (nSPS) is 9.91. The number of urea groups is 1. The summed E-state index contributed by atoms with van der Waals surface area (Å²) < 4.78 is 17.5. The molecule has 0 saturated carbocycles. The predicted molar refractivity (Wildman–Crippen MR) is 77.5 cm³/mol. The molecule has 22 heavy (non-hydrogen) atoms. The van der Waals surface area contributed by atoms with E-state index in [1.54, 1.807) is 12.1 Å². The van der Waals surface area contributed by atoms with Crippen molar-refractivity contribution in [1.82, 2.24) is 10.6 Å². The third-order valence-corrected chi connectivity index (χ3v) is 2.68. The zero-order valence-corrected chi connectivity index (χ0v) is 12.4. The molecule has 0 saturated heterocycles. The number of hydrogen-bond donors (Lipinski definition) is 2. The molecule has 0 aromatic heterocycles. The lowest BCUT2D eigenvalue weighted by atomic mass is 10.1. The van der Waals surface area contributed by atoms with E-state index in [1.807, 2.05) is 12.2 Å². The van der Waals surface area contributed by atoms with Gasteiger partial charge in [-0.1, -0.05) is 19.1 Å². The summed E-state index contributed by atoms with van der Waals surface area (Å²) in [5.74, 6) is -1.60. The topological polar surface area (TPSA) is 84.5 Å². The molecule has 1 aromatic carbocycles. The van der Waals surface area contributed by atoms with Gasteiger partial charge in [-0.15, -0.1) is 0 Å². The summed E-state index contributed by atoms with van der Waals surface area (Å²) in [4.78, 5) is 34.0. The fourth-order valence-electron chi connectivity index (χ4n) is 1.56. The summed E-state index contributed by atoms with van der Waals surface area (Å²) in [5.41, 5.74) is 0.793. The first kappa shape index (κ1) is 17.6. The number of benzene rings is 1. The summed E-state index contributed by atoms with van der Waals surface area (Å²) in [5, 5.41) is 4.50. The van der Waals surface area contributed by atoms with Crippen LogP contribution in [0.3, 0.4) is 0 Å². The van der Waals surface area contributed by atoms with Crippen molar-refractivity contribution in [2.75, 3.05) is 13.2 Å². The minimum absolute atomic E-state index is 0.0704. The quantitative estimate of drug-likeness (QED) is 0.748. The van der Waals surface area contributed by atoms with Crippen LogP contribution in [-0.4, -0.2) is 31.1 Å². The van der Waals surface area contributed by atoms with Crippen molar-refractivity contribution < 1.29 is 23.5 Å². The molecule has 1 rings (SSSR count). The number of hydrogen-bond acceptors (Lipinski definition) is 4. The van der Waals surface area contributed by atoms with E-state index in [0.29, 0.717) is 13.0 Å². The van der Waals surface area contributed by atoms with E-state index in [2.05, 4.69) is 5.32 Å². The second-order valence-corrected chi connectivity index (χ2v) is 4.59. The van der Waals surface area contributed by atoms with Gasteiger partial charge in [0, 0.05) is 13.0 Å². The van der Waals surface area contributed by atoms with Crippen LogP contribution in [0.5, 0.6) is 0 Å². The highest BCUT2D eigenvalue weighted by Gasteiger charge is 2.10. The van der Waals surface area contributed by atoms with E-state index >= 15 is 0 Å². The van der Waals surface area contributed by atoms with Crippen molar-refractivity contribution in [3.8, 4) is 0 Å². The van der Waals surface area contributed by atoms with Crippen LogP contribution in [0, 0.1) is 5.82 Å². The molecule has 0 heterocycles. The molecular formula is C15H19FN2O4. The van der Waals surface area contributed by atoms with Crippen LogP contribution in [-0.2, 0) is 20.7 Å². The number of ether oxygens (including phenoxy) is 1. The van der Waals surface area contributed by atoms with Crippen LogP contribution in [0.15, 0.2) is 24.3 Å². The van der Waals surface area contributed by atoms with Gasteiger partial charge in [-0.05, 0) is 30.5 Å². The largest absolute Gasteiger partial charge is 0.456 e. The summed E-state index contributed by atoms with van der Waals surface area (Å²) in [6, 6.07) is 5.15. The number of nitrogens with one attached hydrogen (secondary N) is 2. The lowest BCUT2D eigenvalue weighted by Crippen LogP contribution is -2.41. The third kappa shape index (κ3) is 7.37. The molecular weight excluding hydrogens is 291 g/mol. The van der Waals surface area contributed by atoms with Gasteiger partial charge in [-0.3, -0.25) is 14.9 Å². The van der Waals surface area contributed by atoms with Crippen molar-refractivity contribution >= 4 is 17.9 Å². The van der Waals surface area contributed by atoms with Crippen molar-refractivity contribution in [3.05, 3.63) is 35.6 Å². The van der Waals surface area contributed by atoms with Crippen LogP contribution in [0.25, 0.3) is 0 Å².